The topological polar surface area (TPSA) is 72.0 Å². The van der Waals surface area contributed by atoms with Crippen molar-refractivity contribution in [1.82, 2.24) is 14.8 Å². The van der Waals surface area contributed by atoms with Gasteiger partial charge in [0.2, 0.25) is 0 Å². The molecule has 0 spiro atoms. The highest BCUT2D eigenvalue weighted by Crippen LogP contribution is 2.31. The quantitative estimate of drug-likeness (QED) is 0.721. The van der Waals surface area contributed by atoms with E-state index in [-0.39, 0.29) is 30.6 Å². The molecule has 1 aromatic heterocycles. The minimum atomic E-state index is -0.361. The molecule has 0 radical (unpaired) electrons. The number of piperidine rings is 1. The molecular weight excluding hydrogens is 366 g/mol. The number of thiazole rings is 1. The maximum Gasteiger partial charge on any atom is 0.410 e. The van der Waals surface area contributed by atoms with E-state index in [2.05, 4.69) is 10.9 Å². The smallest absolute Gasteiger partial charge is 0.410 e. The summed E-state index contributed by atoms with van der Waals surface area (Å²) < 4.78 is 10.2. The summed E-state index contributed by atoms with van der Waals surface area (Å²) in [7, 11) is 1.66. The minimum Gasteiger partial charge on any atom is -0.436 e. The SMILES string of the molecule is C#CCOC(=O)N1CCC(c2nc(C(=O)N3CCCC3COC)cs2)CC1. The Labute approximate surface area is 163 Å². The third-order valence-corrected chi connectivity index (χ3v) is 6.13. The fraction of sp³-hybridized carbons (Fsp3) is 0.632. The molecule has 3 heterocycles. The fourth-order valence-corrected chi connectivity index (χ4v) is 4.66. The largest absolute Gasteiger partial charge is 0.436 e. The summed E-state index contributed by atoms with van der Waals surface area (Å²) in [6.07, 6.45) is 8.35. The maximum absolute atomic E-state index is 12.8. The van der Waals surface area contributed by atoms with Gasteiger partial charge in [0.1, 0.15) is 5.69 Å². The van der Waals surface area contributed by atoms with Crippen molar-refractivity contribution in [3.63, 3.8) is 0 Å². The van der Waals surface area contributed by atoms with E-state index in [9.17, 15) is 9.59 Å². The van der Waals surface area contributed by atoms with Crippen molar-refractivity contribution in [3.05, 3.63) is 16.1 Å². The molecule has 7 nitrogen and oxygen atoms in total. The molecule has 0 aliphatic carbocycles. The summed E-state index contributed by atoms with van der Waals surface area (Å²) in [5.41, 5.74) is 0.522. The number of carbonyl (C=O) groups is 2. The van der Waals surface area contributed by atoms with Gasteiger partial charge in [0.15, 0.2) is 6.61 Å². The van der Waals surface area contributed by atoms with Crippen molar-refractivity contribution in [2.45, 2.75) is 37.6 Å². The number of carbonyl (C=O) groups excluding carboxylic acids is 2. The lowest BCUT2D eigenvalue weighted by Crippen LogP contribution is -2.38. The zero-order valence-electron chi connectivity index (χ0n) is 15.6. The Balaban J connectivity index is 1.56. The Morgan fingerprint density at radius 3 is 2.81 bits per heavy atom. The number of terminal acetylenes is 1. The molecule has 2 saturated heterocycles. The molecule has 27 heavy (non-hydrogen) atoms. The number of rotatable bonds is 5. The standard InChI is InChI=1S/C19H25N3O4S/c1-3-11-26-19(24)21-9-6-14(7-10-21)17-20-16(13-27-17)18(23)22-8-4-5-15(22)12-25-2/h1,13-15H,4-12H2,2H3. The Hall–Kier alpha value is -2.11. The summed E-state index contributed by atoms with van der Waals surface area (Å²) in [5, 5.41) is 2.82. The van der Waals surface area contributed by atoms with Gasteiger partial charge < -0.3 is 19.3 Å². The normalized spacial score (nSPS) is 20.5. The number of ether oxygens (including phenoxy) is 2. The van der Waals surface area contributed by atoms with E-state index in [1.165, 1.54) is 11.3 Å². The second kappa shape index (κ2) is 9.20. The summed E-state index contributed by atoms with van der Waals surface area (Å²) >= 11 is 1.53. The molecule has 1 atom stereocenters. The first-order valence-corrected chi connectivity index (χ1v) is 10.1. The number of methoxy groups -OCH3 is 1. The molecule has 2 amide bonds. The van der Waals surface area contributed by atoms with Gasteiger partial charge in [0.25, 0.3) is 5.91 Å². The molecule has 0 bridgehead atoms. The van der Waals surface area contributed by atoms with Crippen molar-refractivity contribution in [3.8, 4) is 12.3 Å². The molecule has 8 heteroatoms. The molecule has 2 aliphatic rings. The van der Waals surface area contributed by atoms with Crippen LogP contribution in [0.2, 0.25) is 0 Å². The van der Waals surface area contributed by atoms with Gasteiger partial charge in [0.05, 0.1) is 17.7 Å². The van der Waals surface area contributed by atoms with E-state index in [0.29, 0.717) is 25.4 Å². The molecule has 0 N–H and O–H groups in total. The van der Waals surface area contributed by atoms with Gasteiger partial charge in [-0.2, -0.15) is 0 Å². The first kappa shape index (κ1) is 19.6. The van der Waals surface area contributed by atoms with Crippen molar-refractivity contribution in [2.24, 2.45) is 0 Å². The zero-order valence-corrected chi connectivity index (χ0v) is 16.4. The van der Waals surface area contributed by atoms with Gasteiger partial charge in [0, 0.05) is 38.0 Å². The van der Waals surface area contributed by atoms with Crippen LogP contribution < -0.4 is 0 Å². The lowest BCUT2D eigenvalue weighted by molar-refractivity contribution is 0.0625. The third kappa shape index (κ3) is 4.60. The molecule has 2 fully saturated rings. The van der Waals surface area contributed by atoms with Crippen molar-refractivity contribution >= 4 is 23.3 Å². The summed E-state index contributed by atoms with van der Waals surface area (Å²) in [6.45, 7) is 2.55. The van der Waals surface area contributed by atoms with Crippen molar-refractivity contribution in [1.29, 1.82) is 0 Å². The number of nitrogens with zero attached hydrogens (tertiary/aromatic N) is 3. The van der Waals surface area contributed by atoms with Crippen LogP contribution in [0.25, 0.3) is 0 Å². The fourth-order valence-electron chi connectivity index (χ4n) is 3.69. The van der Waals surface area contributed by atoms with E-state index >= 15 is 0 Å². The molecular formula is C19H25N3O4S. The minimum absolute atomic E-state index is 0.00270. The predicted molar refractivity (Wildman–Crippen MR) is 102 cm³/mol. The molecule has 146 valence electrons. The lowest BCUT2D eigenvalue weighted by atomic mass is 9.98. The van der Waals surface area contributed by atoms with Crippen LogP contribution in [0.1, 0.15) is 47.1 Å². The number of likely N-dealkylation sites (tertiary alicyclic amines) is 2. The highest BCUT2D eigenvalue weighted by Gasteiger charge is 2.32. The second-order valence-electron chi connectivity index (χ2n) is 6.84. The van der Waals surface area contributed by atoms with E-state index in [0.717, 1.165) is 37.2 Å². The number of amides is 2. The van der Waals surface area contributed by atoms with E-state index < -0.39 is 0 Å². The first-order valence-electron chi connectivity index (χ1n) is 9.24. The van der Waals surface area contributed by atoms with Gasteiger partial charge in [-0.1, -0.05) is 5.92 Å². The monoisotopic (exact) mass is 391 g/mol. The van der Waals surface area contributed by atoms with Crippen molar-refractivity contribution in [2.75, 3.05) is 40.0 Å². The van der Waals surface area contributed by atoms with E-state index in [4.69, 9.17) is 15.9 Å². The molecule has 1 aromatic rings. The molecule has 0 aromatic carbocycles. The van der Waals surface area contributed by atoms with Crippen molar-refractivity contribution < 1.29 is 19.1 Å². The lowest BCUT2D eigenvalue weighted by Gasteiger charge is -2.30. The van der Waals surface area contributed by atoms with Gasteiger partial charge in [-0.15, -0.1) is 17.8 Å². The van der Waals surface area contributed by atoms with Crippen LogP contribution in [0.15, 0.2) is 5.38 Å². The maximum atomic E-state index is 12.8. The Kier molecular flexibility index (Phi) is 6.69. The molecule has 0 saturated carbocycles. The Morgan fingerprint density at radius 2 is 2.11 bits per heavy atom. The zero-order chi connectivity index (χ0) is 19.2. The van der Waals surface area contributed by atoms with Crippen LogP contribution in [-0.4, -0.2) is 72.8 Å². The average molecular weight is 391 g/mol. The average Bonchev–Trinajstić information content (AvgIpc) is 3.36. The van der Waals surface area contributed by atoms with Crippen LogP contribution in [-0.2, 0) is 9.47 Å². The van der Waals surface area contributed by atoms with Crippen LogP contribution in [0.4, 0.5) is 4.79 Å². The first-order chi connectivity index (χ1) is 13.1. The number of hydrogen-bond donors (Lipinski definition) is 0. The summed E-state index contributed by atoms with van der Waals surface area (Å²) in [5.74, 6) is 2.56. The van der Waals surface area contributed by atoms with Gasteiger partial charge in [-0.3, -0.25) is 4.79 Å². The highest BCUT2D eigenvalue weighted by molar-refractivity contribution is 7.09. The van der Waals surface area contributed by atoms with Crippen LogP contribution in [0, 0.1) is 12.3 Å². The molecule has 3 rings (SSSR count). The molecule has 1 unspecified atom stereocenters. The van der Waals surface area contributed by atoms with Gasteiger partial charge >= 0.3 is 6.09 Å². The summed E-state index contributed by atoms with van der Waals surface area (Å²) in [6, 6.07) is 0.143. The van der Waals surface area contributed by atoms with Crippen LogP contribution >= 0.6 is 11.3 Å². The van der Waals surface area contributed by atoms with Crippen LogP contribution in [0.5, 0.6) is 0 Å². The number of hydrogen-bond acceptors (Lipinski definition) is 6. The Bertz CT molecular complexity index is 706. The summed E-state index contributed by atoms with van der Waals surface area (Å²) in [4.78, 5) is 32.8. The number of aromatic nitrogens is 1. The van der Waals surface area contributed by atoms with Gasteiger partial charge in [-0.05, 0) is 25.7 Å². The molecule has 2 aliphatic heterocycles. The van der Waals surface area contributed by atoms with E-state index in [1.54, 1.807) is 12.0 Å². The second-order valence-corrected chi connectivity index (χ2v) is 7.73. The van der Waals surface area contributed by atoms with Gasteiger partial charge in [-0.25, -0.2) is 9.78 Å². The predicted octanol–water partition coefficient (Wildman–Crippen LogP) is 2.34. The third-order valence-electron chi connectivity index (χ3n) is 5.12. The highest BCUT2D eigenvalue weighted by atomic mass is 32.1. The Morgan fingerprint density at radius 1 is 1.33 bits per heavy atom. The van der Waals surface area contributed by atoms with E-state index in [1.807, 2.05) is 10.3 Å². The van der Waals surface area contributed by atoms with Crippen LogP contribution in [0.3, 0.4) is 0 Å².